The van der Waals surface area contributed by atoms with Crippen molar-refractivity contribution in [2.24, 2.45) is 5.92 Å². The lowest BCUT2D eigenvalue weighted by molar-refractivity contribution is 0.0639. The van der Waals surface area contributed by atoms with E-state index in [1.165, 1.54) is 27.7 Å². The van der Waals surface area contributed by atoms with E-state index in [9.17, 15) is 8.42 Å². The SMILES string of the molecule is CCCN1C[C@H](COS(C)(=O)=O)CC2c3cccc4[nH]c(C)c(c34)C[C@H]21. The molecule has 3 atom stereocenters. The highest BCUT2D eigenvalue weighted by atomic mass is 32.2. The molecule has 2 aromatic rings. The molecule has 1 aliphatic heterocycles. The fourth-order valence-corrected chi connectivity index (χ4v) is 5.49. The Morgan fingerprint density at radius 3 is 2.88 bits per heavy atom. The van der Waals surface area contributed by atoms with Crippen LogP contribution in [0.2, 0.25) is 0 Å². The third kappa shape index (κ3) is 3.19. The van der Waals surface area contributed by atoms with Gasteiger partial charge in [0, 0.05) is 35.1 Å². The molecule has 5 nitrogen and oxygen atoms in total. The minimum atomic E-state index is -3.39. The second-order valence-electron chi connectivity index (χ2n) is 7.96. The lowest BCUT2D eigenvalue weighted by atomic mass is 9.72. The summed E-state index contributed by atoms with van der Waals surface area (Å²) in [5.74, 6) is 0.684. The minimum Gasteiger partial charge on any atom is -0.358 e. The van der Waals surface area contributed by atoms with Crippen LogP contribution in [0.1, 0.15) is 42.5 Å². The molecule has 1 aromatic carbocycles. The molecular weight excluding hydrogens is 348 g/mol. The predicted octanol–water partition coefficient (Wildman–Crippen LogP) is 3.19. The summed E-state index contributed by atoms with van der Waals surface area (Å²) in [6.07, 6.45) is 4.31. The molecular formula is C20H28N2O3S. The van der Waals surface area contributed by atoms with Crippen molar-refractivity contribution in [1.29, 1.82) is 0 Å². The summed E-state index contributed by atoms with van der Waals surface area (Å²) in [5, 5.41) is 1.40. The van der Waals surface area contributed by atoms with Crippen molar-refractivity contribution in [2.45, 2.75) is 45.1 Å². The summed E-state index contributed by atoms with van der Waals surface area (Å²) in [4.78, 5) is 6.12. The van der Waals surface area contributed by atoms with Crippen molar-refractivity contribution in [3.63, 3.8) is 0 Å². The first-order valence-electron chi connectivity index (χ1n) is 9.56. The Balaban J connectivity index is 1.70. The van der Waals surface area contributed by atoms with Gasteiger partial charge in [-0.2, -0.15) is 8.42 Å². The Labute approximate surface area is 155 Å². The van der Waals surface area contributed by atoms with Crippen molar-refractivity contribution in [2.75, 3.05) is 26.0 Å². The highest BCUT2D eigenvalue weighted by Gasteiger charge is 2.41. The van der Waals surface area contributed by atoms with Crippen LogP contribution < -0.4 is 0 Å². The van der Waals surface area contributed by atoms with Crippen molar-refractivity contribution in [1.82, 2.24) is 9.88 Å². The lowest BCUT2D eigenvalue weighted by Gasteiger charge is -2.47. The van der Waals surface area contributed by atoms with Crippen molar-refractivity contribution >= 4 is 21.0 Å². The van der Waals surface area contributed by atoms with E-state index >= 15 is 0 Å². The van der Waals surface area contributed by atoms with Gasteiger partial charge in [0.05, 0.1) is 12.9 Å². The number of aromatic amines is 1. The van der Waals surface area contributed by atoms with E-state index in [1.807, 2.05) is 0 Å². The molecule has 6 heteroatoms. The molecule has 142 valence electrons. The van der Waals surface area contributed by atoms with Crippen LogP contribution in [-0.2, 0) is 20.7 Å². The van der Waals surface area contributed by atoms with E-state index in [4.69, 9.17) is 4.18 Å². The van der Waals surface area contributed by atoms with Gasteiger partial charge in [-0.05, 0) is 55.8 Å². The Bertz CT molecular complexity index is 919. The summed E-state index contributed by atoms with van der Waals surface area (Å²) < 4.78 is 28.0. The van der Waals surface area contributed by atoms with Gasteiger partial charge in [-0.1, -0.05) is 19.1 Å². The maximum atomic E-state index is 11.4. The first-order valence-corrected chi connectivity index (χ1v) is 11.4. The molecule has 0 radical (unpaired) electrons. The average molecular weight is 377 g/mol. The van der Waals surface area contributed by atoms with Gasteiger partial charge in [-0.3, -0.25) is 9.08 Å². The minimum absolute atomic E-state index is 0.245. The topological polar surface area (TPSA) is 62.4 Å². The highest BCUT2D eigenvalue weighted by molar-refractivity contribution is 7.85. The number of hydrogen-bond donors (Lipinski definition) is 1. The molecule has 0 amide bonds. The van der Waals surface area contributed by atoms with Crippen LogP contribution in [0.4, 0.5) is 0 Å². The van der Waals surface area contributed by atoms with Gasteiger partial charge in [0.2, 0.25) is 0 Å². The van der Waals surface area contributed by atoms with Gasteiger partial charge in [-0.15, -0.1) is 0 Å². The first kappa shape index (κ1) is 18.0. The van der Waals surface area contributed by atoms with Gasteiger partial charge in [-0.25, -0.2) is 0 Å². The Kier molecular flexibility index (Phi) is 4.61. The van der Waals surface area contributed by atoms with Crippen LogP contribution in [0.3, 0.4) is 0 Å². The molecule has 0 spiro atoms. The van der Waals surface area contributed by atoms with E-state index in [0.29, 0.717) is 12.0 Å². The molecule has 1 aromatic heterocycles. The number of benzene rings is 1. The number of fused-ring (bicyclic) bond motifs is 2. The zero-order valence-electron chi connectivity index (χ0n) is 15.8. The number of hydrogen-bond acceptors (Lipinski definition) is 4. The number of piperidine rings is 1. The molecule has 0 bridgehead atoms. The molecule has 1 aliphatic carbocycles. The van der Waals surface area contributed by atoms with Gasteiger partial charge < -0.3 is 4.98 Å². The van der Waals surface area contributed by atoms with Crippen LogP contribution in [0.5, 0.6) is 0 Å². The summed E-state index contributed by atoms with van der Waals surface area (Å²) in [5.41, 5.74) is 5.39. The Morgan fingerprint density at radius 2 is 2.15 bits per heavy atom. The van der Waals surface area contributed by atoms with Crippen molar-refractivity contribution in [3.8, 4) is 0 Å². The monoisotopic (exact) mass is 376 g/mol. The maximum absolute atomic E-state index is 11.4. The number of nitrogens with one attached hydrogen (secondary N) is 1. The van der Waals surface area contributed by atoms with Crippen LogP contribution in [0, 0.1) is 12.8 Å². The van der Waals surface area contributed by atoms with Crippen molar-refractivity contribution < 1.29 is 12.6 Å². The quantitative estimate of drug-likeness (QED) is 0.814. The van der Waals surface area contributed by atoms with Gasteiger partial charge in [0.25, 0.3) is 10.1 Å². The van der Waals surface area contributed by atoms with E-state index in [1.54, 1.807) is 0 Å². The van der Waals surface area contributed by atoms with Gasteiger partial charge in [0.15, 0.2) is 0 Å². The number of H-pyrrole nitrogens is 1. The van der Waals surface area contributed by atoms with E-state index in [-0.39, 0.29) is 12.5 Å². The predicted molar refractivity (Wildman–Crippen MR) is 104 cm³/mol. The number of nitrogens with zero attached hydrogens (tertiary/aromatic N) is 1. The van der Waals surface area contributed by atoms with E-state index in [0.717, 1.165) is 38.6 Å². The summed E-state index contributed by atoms with van der Waals surface area (Å²) >= 11 is 0. The van der Waals surface area contributed by atoms with Crippen LogP contribution in [0.25, 0.3) is 10.9 Å². The third-order valence-electron chi connectivity index (χ3n) is 6.03. The molecule has 1 saturated heterocycles. The molecule has 1 N–H and O–H groups in total. The number of aromatic nitrogens is 1. The van der Waals surface area contributed by atoms with Gasteiger partial charge in [0.1, 0.15) is 0 Å². The van der Waals surface area contributed by atoms with Crippen LogP contribution in [0.15, 0.2) is 18.2 Å². The smallest absolute Gasteiger partial charge is 0.264 e. The second kappa shape index (κ2) is 6.66. The normalized spacial score (nSPS) is 26.2. The number of aryl methyl sites for hydroxylation is 1. The Hall–Kier alpha value is -1.37. The molecule has 1 fully saturated rings. The molecule has 4 rings (SSSR count). The molecule has 2 heterocycles. The standard InChI is InChI=1S/C20H28N2O3S/c1-4-8-22-11-14(12-25-26(3,23)24)9-17-15-6-5-7-18-20(15)16(10-19(17)22)13(2)21-18/h5-7,14,17,19,21H,4,8-12H2,1-3H3/t14-,17?,19-/m1/s1. The third-order valence-corrected chi connectivity index (χ3v) is 6.59. The fourth-order valence-electron chi connectivity index (χ4n) is 5.05. The summed E-state index contributed by atoms with van der Waals surface area (Å²) in [6.45, 7) is 6.64. The highest BCUT2D eigenvalue weighted by Crippen LogP contribution is 2.45. The molecule has 1 unspecified atom stereocenters. The van der Waals surface area contributed by atoms with E-state index < -0.39 is 10.1 Å². The zero-order chi connectivity index (χ0) is 18.5. The van der Waals surface area contributed by atoms with Crippen LogP contribution in [-0.4, -0.2) is 50.3 Å². The van der Waals surface area contributed by atoms with Crippen molar-refractivity contribution in [3.05, 3.63) is 35.0 Å². The zero-order valence-corrected chi connectivity index (χ0v) is 16.6. The fraction of sp³-hybridized carbons (Fsp3) is 0.600. The summed E-state index contributed by atoms with van der Waals surface area (Å²) in [6, 6.07) is 7.06. The van der Waals surface area contributed by atoms with E-state index in [2.05, 4.69) is 41.9 Å². The molecule has 26 heavy (non-hydrogen) atoms. The largest absolute Gasteiger partial charge is 0.358 e. The maximum Gasteiger partial charge on any atom is 0.264 e. The number of likely N-dealkylation sites (tertiary alicyclic amines) is 1. The van der Waals surface area contributed by atoms with Gasteiger partial charge >= 0.3 is 0 Å². The molecule has 0 saturated carbocycles. The summed E-state index contributed by atoms with van der Waals surface area (Å²) in [7, 11) is -3.39. The second-order valence-corrected chi connectivity index (χ2v) is 9.61. The number of rotatable bonds is 5. The van der Waals surface area contributed by atoms with Crippen LogP contribution >= 0.6 is 0 Å². The average Bonchev–Trinajstić information content (AvgIpc) is 2.90. The lowest BCUT2D eigenvalue weighted by Crippen LogP contribution is -2.51. The molecule has 2 aliphatic rings. The first-order chi connectivity index (χ1) is 12.4. The Morgan fingerprint density at radius 1 is 1.35 bits per heavy atom.